The third kappa shape index (κ3) is 3.35. The van der Waals surface area contributed by atoms with Gasteiger partial charge in [0.05, 0.1) is 11.7 Å². The molecule has 0 aliphatic carbocycles. The van der Waals surface area contributed by atoms with Crippen molar-refractivity contribution < 1.29 is 12.8 Å². The monoisotopic (exact) mass is 365 g/mol. The fourth-order valence-electron chi connectivity index (χ4n) is 3.04. The highest BCUT2D eigenvalue weighted by Gasteiger charge is 2.38. The predicted molar refractivity (Wildman–Crippen MR) is 93.1 cm³/mol. The SMILES string of the molecule is CN(C)S(=O)(=O)N1CCC[C@@H]1c1nc(N)ncc1-c1cccc(F)c1. The van der Waals surface area contributed by atoms with Crippen molar-refractivity contribution in [3.05, 3.63) is 42.0 Å². The molecule has 1 aliphatic heterocycles. The largest absolute Gasteiger partial charge is 0.368 e. The molecule has 9 heteroatoms. The highest BCUT2D eigenvalue weighted by atomic mass is 32.2. The van der Waals surface area contributed by atoms with E-state index in [0.29, 0.717) is 36.2 Å². The molecule has 7 nitrogen and oxygen atoms in total. The van der Waals surface area contributed by atoms with E-state index >= 15 is 0 Å². The van der Waals surface area contributed by atoms with Crippen LogP contribution in [0, 0.1) is 5.82 Å². The lowest BCUT2D eigenvalue weighted by Crippen LogP contribution is -2.39. The molecular formula is C16H20FN5O2S. The Morgan fingerprint density at radius 3 is 2.80 bits per heavy atom. The van der Waals surface area contributed by atoms with Gasteiger partial charge in [-0.1, -0.05) is 12.1 Å². The van der Waals surface area contributed by atoms with Gasteiger partial charge in [0.2, 0.25) is 5.95 Å². The Labute approximate surface area is 146 Å². The molecule has 2 heterocycles. The molecular weight excluding hydrogens is 345 g/mol. The number of rotatable bonds is 4. The molecule has 0 amide bonds. The first-order valence-corrected chi connectivity index (χ1v) is 9.28. The maximum atomic E-state index is 13.6. The average molecular weight is 365 g/mol. The zero-order valence-electron chi connectivity index (χ0n) is 14.1. The van der Waals surface area contributed by atoms with E-state index in [-0.39, 0.29) is 11.8 Å². The number of nitrogens with two attached hydrogens (primary N) is 1. The predicted octanol–water partition coefficient (Wildman–Crippen LogP) is 1.81. The number of anilines is 1. The summed E-state index contributed by atoms with van der Waals surface area (Å²) in [6, 6.07) is 5.59. The topological polar surface area (TPSA) is 92.4 Å². The third-order valence-corrected chi connectivity index (χ3v) is 6.20. The minimum Gasteiger partial charge on any atom is -0.368 e. The van der Waals surface area contributed by atoms with E-state index in [9.17, 15) is 12.8 Å². The van der Waals surface area contributed by atoms with Gasteiger partial charge in [0, 0.05) is 32.4 Å². The van der Waals surface area contributed by atoms with Gasteiger partial charge in [-0.25, -0.2) is 14.4 Å². The summed E-state index contributed by atoms with van der Waals surface area (Å²) in [6.07, 6.45) is 2.85. The second kappa shape index (κ2) is 6.66. The Kier molecular flexibility index (Phi) is 4.72. The van der Waals surface area contributed by atoms with Gasteiger partial charge >= 0.3 is 0 Å². The number of hydrogen-bond acceptors (Lipinski definition) is 5. The van der Waals surface area contributed by atoms with E-state index in [1.54, 1.807) is 12.1 Å². The Hall–Kier alpha value is -2.10. The molecule has 0 radical (unpaired) electrons. The molecule has 134 valence electrons. The molecule has 1 fully saturated rings. The summed E-state index contributed by atoms with van der Waals surface area (Å²) in [6.45, 7) is 0.400. The maximum absolute atomic E-state index is 13.6. The third-order valence-electron chi connectivity index (χ3n) is 4.25. The van der Waals surface area contributed by atoms with Gasteiger partial charge < -0.3 is 5.73 Å². The van der Waals surface area contributed by atoms with E-state index < -0.39 is 16.3 Å². The van der Waals surface area contributed by atoms with Crippen LogP contribution in [0.4, 0.5) is 10.3 Å². The van der Waals surface area contributed by atoms with Crippen molar-refractivity contribution in [1.29, 1.82) is 0 Å². The Balaban J connectivity index is 2.12. The first-order valence-electron chi connectivity index (χ1n) is 7.88. The number of nitrogens with zero attached hydrogens (tertiary/aromatic N) is 4. The normalized spacial score (nSPS) is 18.8. The quantitative estimate of drug-likeness (QED) is 0.892. The van der Waals surface area contributed by atoms with Gasteiger partial charge in [0.1, 0.15) is 5.82 Å². The molecule has 0 spiro atoms. The van der Waals surface area contributed by atoms with Gasteiger partial charge in [0.25, 0.3) is 10.2 Å². The van der Waals surface area contributed by atoms with E-state index in [4.69, 9.17) is 5.73 Å². The van der Waals surface area contributed by atoms with Gasteiger partial charge in [0.15, 0.2) is 0 Å². The zero-order chi connectivity index (χ0) is 18.2. The van der Waals surface area contributed by atoms with Crippen LogP contribution in [0.5, 0.6) is 0 Å². The molecule has 25 heavy (non-hydrogen) atoms. The van der Waals surface area contributed by atoms with E-state index in [1.807, 2.05) is 0 Å². The lowest BCUT2D eigenvalue weighted by atomic mass is 10.0. The molecule has 1 aliphatic rings. The average Bonchev–Trinajstić information content (AvgIpc) is 3.04. The standard InChI is InChI=1S/C16H20FN5O2S/c1-21(2)25(23,24)22-8-4-7-14(22)15-13(10-19-16(18)20-15)11-5-3-6-12(17)9-11/h3,5-6,9-10,14H,4,7-8H2,1-2H3,(H2,18,19,20)/t14-/m1/s1. The van der Waals surface area contributed by atoms with Crippen molar-refractivity contribution in [2.75, 3.05) is 26.4 Å². The second-order valence-electron chi connectivity index (χ2n) is 6.10. The Bertz CT molecular complexity index is 888. The molecule has 1 atom stereocenters. The zero-order valence-corrected chi connectivity index (χ0v) is 14.9. The van der Waals surface area contributed by atoms with E-state index in [2.05, 4.69) is 9.97 Å². The number of halogens is 1. The highest BCUT2D eigenvalue weighted by molar-refractivity contribution is 7.86. The maximum Gasteiger partial charge on any atom is 0.282 e. The van der Waals surface area contributed by atoms with Crippen molar-refractivity contribution in [2.45, 2.75) is 18.9 Å². The van der Waals surface area contributed by atoms with Crippen LogP contribution in [0.25, 0.3) is 11.1 Å². The van der Waals surface area contributed by atoms with Gasteiger partial charge in [-0.2, -0.15) is 17.0 Å². The van der Waals surface area contributed by atoms with Gasteiger partial charge in [-0.05, 0) is 30.5 Å². The molecule has 3 rings (SSSR count). The van der Waals surface area contributed by atoms with Gasteiger partial charge in [-0.3, -0.25) is 0 Å². The molecule has 1 aromatic heterocycles. The van der Waals surface area contributed by atoms with Crippen LogP contribution in [0.15, 0.2) is 30.5 Å². The fraction of sp³-hybridized carbons (Fsp3) is 0.375. The smallest absolute Gasteiger partial charge is 0.282 e. The highest BCUT2D eigenvalue weighted by Crippen LogP contribution is 2.38. The van der Waals surface area contributed by atoms with Crippen LogP contribution < -0.4 is 5.73 Å². The van der Waals surface area contributed by atoms with Crippen LogP contribution in [0.3, 0.4) is 0 Å². The Morgan fingerprint density at radius 2 is 2.12 bits per heavy atom. The first kappa shape index (κ1) is 17.7. The summed E-state index contributed by atoms with van der Waals surface area (Å²) in [5.74, 6) is -0.325. The van der Waals surface area contributed by atoms with Crippen molar-refractivity contribution in [3.8, 4) is 11.1 Å². The summed E-state index contributed by atoms with van der Waals surface area (Å²) in [7, 11) is -0.617. The molecule has 2 N–H and O–H groups in total. The first-order chi connectivity index (χ1) is 11.8. The summed E-state index contributed by atoms with van der Waals surface area (Å²) in [5, 5.41) is 0. The van der Waals surface area contributed by atoms with Crippen LogP contribution in [0.1, 0.15) is 24.6 Å². The summed E-state index contributed by atoms with van der Waals surface area (Å²) >= 11 is 0. The minimum atomic E-state index is -3.60. The fourth-order valence-corrected chi connectivity index (χ4v) is 4.35. The number of nitrogen functional groups attached to an aromatic ring is 1. The van der Waals surface area contributed by atoms with Crippen molar-refractivity contribution >= 4 is 16.2 Å². The van der Waals surface area contributed by atoms with Crippen LogP contribution in [0.2, 0.25) is 0 Å². The van der Waals surface area contributed by atoms with Crippen LogP contribution >= 0.6 is 0 Å². The second-order valence-corrected chi connectivity index (χ2v) is 8.19. The lowest BCUT2D eigenvalue weighted by Gasteiger charge is -2.27. The van der Waals surface area contributed by atoms with Crippen molar-refractivity contribution in [3.63, 3.8) is 0 Å². The van der Waals surface area contributed by atoms with E-state index in [0.717, 1.165) is 0 Å². The number of hydrogen-bond donors (Lipinski definition) is 1. The molecule has 2 aromatic rings. The van der Waals surface area contributed by atoms with Crippen LogP contribution in [-0.2, 0) is 10.2 Å². The summed E-state index contributed by atoms with van der Waals surface area (Å²) in [5.41, 5.74) is 7.41. The Morgan fingerprint density at radius 1 is 1.36 bits per heavy atom. The van der Waals surface area contributed by atoms with Crippen molar-refractivity contribution in [2.24, 2.45) is 0 Å². The van der Waals surface area contributed by atoms with E-state index in [1.165, 1.54) is 41.0 Å². The van der Waals surface area contributed by atoms with Gasteiger partial charge in [-0.15, -0.1) is 0 Å². The molecule has 0 bridgehead atoms. The number of benzene rings is 1. The molecule has 0 saturated carbocycles. The minimum absolute atomic E-state index is 0.0595. The van der Waals surface area contributed by atoms with Crippen molar-refractivity contribution in [1.82, 2.24) is 18.6 Å². The molecule has 0 unspecified atom stereocenters. The summed E-state index contributed by atoms with van der Waals surface area (Å²) in [4.78, 5) is 8.31. The lowest BCUT2D eigenvalue weighted by molar-refractivity contribution is 0.358. The summed E-state index contributed by atoms with van der Waals surface area (Å²) < 4.78 is 41.5. The molecule has 1 saturated heterocycles. The molecule has 1 aromatic carbocycles. The van der Waals surface area contributed by atoms with Crippen LogP contribution in [-0.4, -0.2) is 47.6 Å². The number of aromatic nitrogens is 2.